The third-order valence-corrected chi connectivity index (χ3v) is 7.56. The van der Waals surface area contributed by atoms with Gasteiger partial charge in [-0.25, -0.2) is 14.8 Å². The summed E-state index contributed by atoms with van der Waals surface area (Å²) < 4.78 is 16.3. The van der Waals surface area contributed by atoms with Crippen LogP contribution in [0.5, 0.6) is 11.5 Å². The number of fused-ring (bicyclic) bond motifs is 1. The van der Waals surface area contributed by atoms with Crippen LogP contribution >= 0.6 is 23.2 Å². The van der Waals surface area contributed by atoms with Gasteiger partial charge in [0.25, 0.3) is 0 Å². The molecule has 1 fully saturated rings. The Bertz CT molecular complexity index is 1430. The molecule has 0 unspecified atom stereocenters. The van der Waals surface area contributed by atoms with Gasteiger partial charge in [-0.3, -0.25) is 4.79 Å². The first-order valence-electron chi connectivity index (χ1n) is 13.2. The lowest BCUT2D eigenvalue weighted by Gasteiger charge is -2.25. The first kappa shape index (κ1) is 30.5. The molecule has 12 heteroatoms. The van der Waals surface area contributed by atoms with Crippen molar-refractivity contribution >= 4 is 52.1 Å². The van der Waals surface area contributed by atoms with Crippen molar-refractivity contribution in [1.29, 1.82) is 0 Å². The lowest BCUT2D eigenvalue weighted by molar-refractivity contribution is -0.132. The fourth-order valence-electron chi connectivity index (χ4n) is 4.95. The van der Waals surface area contributed by atoms with Crippen LogP contribution in [0.2, 0.25) is 10.0 Å². The average Bonchev–Trinajstić information content (AvgIpc) is 3.28. The van der Waals surface area contributed by atoms with E-state index in [2.05, 4.69) is 20.6 Å². The predicted octanol–water partition coefficient (Wildman–Crippen LogP) is 5.79. The third kappa shape index (κ3) is 6.87. The minimum atomic E-state index is -0.644. The molecule has 1 heterocycles. The molecular weight excluding hydrogens is 569 g/mol. The summed E-state index contributed by atoms with van der Waals surface area (Å²) in [5.41, 5.74) is 1.36. The number of nitrogens with one attached hydrogen (secondary N) is 2. The zero-order valence-electron chi connectivity index (χ0n) is 24.2. The normalized spacial score (nSPS) is 18.6. The Morgan fingerprint density at radius 2 is 1.63 bits per heavy atom. The predicted molar refractivity (Wildman–Crippen MR) is 160 cm³/mol. The Hall–Kier alpha value is -3.50. The van der Waals surface area contributed by atoms with E-state index in [1.165, 1.54) is 14.2 Å². The van der Waals surface area contributed by atoms with Crippen molar-refractivity contribution in [2.45, 2.75) is 51.3 Å². The highest BCUT2D eigenvalue weighted by Gasteiger charge is 2.40. The van der Waals surface area contributed by atoms with Gasteiger partial charge in [0, 0.05) is 43.2 Å². The van der Waals surface area contributed by atoms with Gasteiger partial charge >= 0.3 is 6.09 Å². The summed E-state index contributed by atoms with van der Waals surface area (Å²) in [5, 5.41) is 7.75. The largest absolute Gasteiger partial charge is 0.495 e. The molecule has 0 radical (unpaired) electrons. The molecule has 2 N–H and O–H groups in total. The van der Waals surface area contributed by atoms with Crippen molar-refractivity contribution in [2.24, 2.45) is 5.92 Å². The molecule has 2 amide bonds. The van der Waals surface area contributed by atoms with Crippen LogP contribution in [0.4, 0.5) is 10.7 Å². The monoisotopic (exact) mass is 603 g/mol. The summed E-state index contributed by atoms with van der Waals surface area (Å²) in [5.74, 6) is 0.999. The first-order chi connectivity index (χ1) is 19.3. The van der Waals surface area contributed by atoms with Gasteiger partial charge in [0.2, 0.25) is 11.9 Å². The Labute approximate surface area is 249 Å². The van der Waals surface area contributed by atoms with Crippen molar-refractivity contribution < 1.29 is 23.8 Å². The van der Waals surface area contributed by atoms with E-state index in [0.29, 0.717) is 51.4 Å². The maximum absolute atomic E-state index is 12.7. The molecule has 4 rings (SSSR count). The second-order valence-electron chi connectivity index (χ2n) is 11.2. The fraction of sp³-hybridized carbons (Fsp3) is 0.448. The molecule has 0 saturated heterocycles. The van der Waals surface area contributed by atoms with Gasteiger partial charge in [-0.2, -0.15) is 0 Å². The molecule has 2 aromatic carbocycles. The van der Waals surface area contributed by atoms with Gasteiger partial charge in [-0.15, -0.1) is 0 Å². The Morgan fingerprint density at radius 3 is 2.22 bits per heavy atom. The third-order valence-electron chi connectivity index (χ3n) is 6.81. The summed E-state index contributed by atoms with van der Waals surface area (Å²) in [7, 11) is 6.50. The van der Waals surface area contributed by atoms with E-state index in [1.807, 2.05) is 18.2 Å². The summed E-state index contributed by atoms with van der Waals surface area (Å²) in [6.45, 7) is 5.41. The molecular formula is C29H35Cl2N5O5. The van der Waals surface area contributed by atoms with Gasteiger partial charge < -0.3 is 29.7 Å². The number of hydrogen-bond acceptors (Lipinski definition) is 8. The molecule has 0 aliphatic heterocycles. The van der Waals surface area contributed by atoms with Crippen molar-refractivity contribution in [3.63, 3.8) is 0 Å². The minimum Gasteiger partial charge on any atom is -0.495 e. The van der Waals surface area contributed by atoms with Crippen molar-refractivity contribution in [2.75, 3.05) is 33.6 Å². The van der Waals surface area contributed by atoms with Crippen LogP contribution in [0.25, 0.3) is 22.0 Å². The van der Waals surface area contributed by atoms with Crippen LogP contribution in [-0.4, -0.2) is 72.9 Å². The highest BCUT2D eigenvalue weighted by atomic mass is 35.5. The maximum atomic E-state index is 12.7. The number of amides is 2. The number of nitrogens with zero attached hydrogens (tertiary/aromatic N) is 3. The number of benzene rings is 2. The van der Waals surface area contributed by atoms with Crippen molar-refractivity contribution in [3.8, 4) is 22.6 Å². The number of anilines is 1. The van der Waals surface area contributed by atoms with Crippen LogP contribution in [0, 0.1) is 5.92 Å². The van der Waals surface area contributed by atoms with Crippen LogP contribution in [0.1, 0.15) is 33.6 Å². The standard InChI is InChI=1S/C29H35Cl2N5O5/c1-29(2,3)41-28(38)35-20-12-16(26(37)36(4)5)11-19(20)34-27-32-14-17-10-15(8-9-18(17)33-27)23-24(30)21(39-6)13-22(40-7)25(23)31/h8-10,13-14,16,19-20H,11-12H2,1-7H3,(H,35,38)(H,32,33,34)/t16-,19-,20+/m1/s1. The number of methoxy groups -OCH3 is 2. The fourth-order valence-corrected chi connectivity index (χ4v) is 5.66. The zero-order valence-corrected chi connectivity index (χ0v) is 25.7. The lowest BCUT2D eigenvalue weighted by Crippen LogP contribution is -2.45. The van der Waals surface area contributed by atoms with Crippen molar-refractivity contribution in [3.05, 3.63) is 40.5 Å². The van der Waals surface area contributed by atoms with Crippen LogP contribution in [0.3, 0.4) is 0 Å². The molecule has 220 valence electrons. The minimum absolute atomic E-state index is 0.00347. The highest BCUT2D eigenvalue weighted by Crippen LogP contribution is 2.46. The molecule has 1 aliphatic carbocycles. The molecule has 3 atom stereocenters. The lowest BCUT2D eigenvalue weighted by atomic mass is 10.0. The molecule has 1 aromatic heterocycles. The summed E-state index contributed by atoms with van der Waals surface area (Å²) >= 11 is 13.2. The van der Waals surface area contributed by atoms with Crippen LogP contribution < -0.4 is 20.1 Å². The number of alkyl carbamates (subject to hydrolysis) is 1. The molecule has 41 heavy (non-hydrogen) atoms. The molecule has 0 bridgehead atoms. The maximum Gasteiger partial charge on any atom is 0.407 e. The van der Waals surface area contributed by atoms with E-state index >= 15 is 0 Å². The second kappa shape index (κ2) is 12.2. The number of carbonyl (C=O) groups excluding carboxylic acids is 2. The molecule has 3 aromatic rings. The van der Waals surface area contributed by atoms with Gasteiger partial charge in [0.15, 0.2) is 0 Å². The van der Waals surface area contributed by atoms with E-state index < -0.39 is 11.7 Å². The van der Waals surface area contributed by atoms with E-state index in [-0.39, 0.29) is 23.9 Å². The number of hydrogen-bond donors (Lipinski definition) is 2. The molecule has 1 aliphatic rings. The molecule has 1 saturated carbocycles. The van der Waals surface area contributed by atoms with Gasteiger partial charge in [-0.05, 0) is 51.3 Å². The van der Waals surface area contributed by atoms with Gasteiger partial charge in [0.1, 0.15) is 17.1 Å². The summed E-state index contributed by atoms with van der Waals surface area (Å²) in [6, 6.07) is 6.60. The van der Waals surface area contributed by atoms with E-state index in [0.717, 1.165) is 10.9 Å². The SMILES string of the molecule is COc1cc(OC)c(Cl)c(-c2ccc3nc(N[C@@H]4C[C@@H](C(=O)N(C)C)C[C@@H]4NC(=O)OC(C)(C)C)ncc3c2)c1Cl. The summed E-state index contributed by atoms with van der Waals surface area (Å²) in [4.78, 5) is 36.1. The smallest absolute Gasteiger partial charge is 0.407 e. The average molecular weight is 605 g/mol. The first-order valence-corrected chi connectivity index (χ1v) is 13.9. The second-order valence-corrected chi connectivity index (χ2v) is 11.9. The number of ether oxygens (including phenoxy) is 3. The topological polar surface area (TPSA) is 115 Å². The van der Waals surface area contributed by atoms with Crippen molar-refractivity contribution in [1.82, 2.24) is 20.2 Å². The number of halogens is 2. The number of aromatic nitrogens is 2. The van der Waals surface area contributed by atoms with E-state index in [4.69, 9.17) is 37.4 Å². The van der Waals surface area contributed by atoms with Crippen LogP contribution in [-0.2, 0) is 9.53 Å². The molecule has 0 spiro atoms. The van der Waals surface area contributed by atoms with Gasteiger partial charge in [-0.1, -0.05) is 29.3 Å². The van der Waals surface area contributed by atoms with E-state index in [1.54, 1.807) is 52.0 Å². The van der Waals surface area contributed by atoms with Crippen LogP contribution in [0.15, 0.2) is 30.5 Å². The molecule has 10 nitrogen and oxygen atoms in total. The number of carbonyl (C=O) groups is 2. The van der Waals surface area contributed by atoms with Gasteiger partial charge in [0.05, 0.1) is 41.9 Å². The Morgan fingerprint density at radius 1 is 1.00 bits per heavy atom. The Balaban J connectivity index is 1.60. The highest BCUT2D eigenvalue weighted by molar-refractivity contribution is 6.41. The zero-order chi connectivity index (χ0) is 30.1. The summed E-state index contributed by atoms with van der Waals surface area (Å²) in [6.07, 6.45) is 2.13. The number of rotatable bonds is 7. The quantitative estimate of drug-likeness (QED) is 0.348. The Kier molecular flexibility index (Phi) is 9.03. The van der Waals surface area contributed by atoms with E-state index in [9.17, 15) is 9.59 Å².